The van der Waals surface area contributed by atoms with Gasteiger partial charge in [0.25, 0.3) is 0 Å². The van der Waals surface area contributed by atoms with E-state index in [2.05, 4.69) is 25.8 Å². The second-order valence-corrected chi connectivity index (χ2v) is 6.80. The molecule has 1 aromatic rings. The van der Waals surface area contributed by atoms with Gasteiger partial charge in [-0.1, -0.05) is 45.2 Å². The van der Waals surface area contributed by atoms with Crippen molar-refractivity contribution in [1.29, 1.82) is 0 Å². The van der Waals surface area contributed by atoms with Crippen molar-refractivity contribution in [3.63, 3.8) is 0 Å². The molecule has 0 heterocycles. The number of carbonyl (C=O) groups excluding carboxylic acids is 1. The Labute approximate surface area is 154 Å². The zero-order valence-corrected chi connectivity index (χ0v) is 16.2. The van der Waals surface area contributed by atoms with Gasteiger partial charge in [0, 0.05) is 11.8 Å². The second-order valence-electron chi connectivity index (χ2n) is 6.40. The first-order valence-electron chi connectivity index (χ1n) is 8.65. The van der Waals surface area contributed by atoms with Crippen LogP contribution in [0.25, 0.3) is 0 Å². The maximum absolute atomic E-state index is 14.0. The molecule has 1 rings (SSSR count). The van der Waals surface area contributed by atoms with Crippen LogP contribution in [-0.4, -0.2) is 24.9 Å². The molecule has 0 atom stereocenters. The maximum Gasteiger partial charge on any atom is 0.344 e. The SMILES string of the molecule is CCCCCOC(=O)COc1cc(N=C(C)CC(C)C)c(F)cc1Cl. The van der Waals surface area contributed by atoms with Crippen LogP contribution in [0, 0.1) is 11.7 Å². The lowest BCUT2D eigenvalue weighted by Crippen LogP contribution is -2.15. The van der Waals surface area contributed by atoms with Crippen molar-refractivity contribution in [2.24, 2.45) is 10.9 Å². The average molecular weight is 372 g/mol. The molecule has 0 aliphatic carbocycles. The van der Waals surface area contributed by atoms with Gasteiger partial charge in [-0.05, 0) is 31.7 Å². The molecule has 0 aromatic heterocycles. The van der Waals surface area contributed by atoms with Crippen LogP contribution in [0.5, 0.6) is 5.75 Å². The van der Waals surface area contributed by atoms with E-state index in [1.165, 1.54) is 6.07 Å². The van der Waals surface area contributed by atoms with Gasteiger partial charge in [-0.15, -0.1) is 0 Å². The molecule has 0 spiro atoms. The summed E-state index contributed by atoms with van der Waals surface area (Å²) in [5.41, 5.74) is 0.964. The number of carbonyl (C=O) groups is 1. The predicted octanol–water partition coefficient (Wildman–Crippen LogP) is 5.73. The number of nitrogens with zero attached hydrogens (tertiary/aromatic N) is 1. The lowest BCUT2D eigenvalue weighted by molar-refractivity contribution is -0.146. The number of unbranched alkanes of at least 4 members (excludes halogenated alkanes) is 2. The van der Waals surface area contributed by atoms with Crippen molar-refractivity contribution in [2.75, 3.05) is 13.2 Å². The lowest BCUT2D eigenvalue weighted by Gasteiger charge is -2.10. The summed E-state index contributed by atoms with van der Waals surface area (Å²) in [6, 6.07) is 2.55. The molecule has 0 fully saturated rings. The second kappa shape index (κ2) is 11.1. The fourth-order valence-corrected chi connectivity index (χ4v) is 2.48. The van der Waals surface area contributed by atoms with Gasteiger partial charge in [0.2, 0.25) is 0 Å². The van der Waals surface area contributed by atoms with E-state index < -0.39 is 11.8 Å². The van der Waals surface area contributed by atoms with E-state index in [1.54, 1.807) is 0 Å². The minimum atomic E-state index is -0.525. The summed E-state index contributed by atoms with van der Waals surface area (Å²) in [6.07, 6.45) is 3.66. The summed E-state index contributed by atoms with van der Waals surface area (Å²) in [5, 5.41) is 0.0942. The molecule has 140 valence electrons. The molecule has 0 aliphatic heterocycles. The van der Waals surface area contributed by atoms with Crippen LogP contribution in [0.3, 0.4) is 0 Å². The smallest absolute Gasteiger partial charge is 0.344 e. The molecule has 0 N–H and O–H groups in total. The van der Waals surface area contributed by atoms with Crippen molar-refractivity contribution >= 4 is 29.0 Å². The molecule has 0 radical (unpaired) electrons. The van der Waals surface area contributed by atoms with Gasteiger partial charge in [0.1, 0.15) is 11.4 Å². The lowest BCUT2D eigenvalue weighted by atomic mass is 10.1. The number of benzene rings is 1. The van der Waals surface area contributed by atoms with Crippen LogP contribution >= 0.6 is 11.6 Å². The molecule has 1 aromatic carbocycles. The monoisotopic (exact) mass is 371 g/mol. The Bertz CT molecular complexity index is 603. The molecule has 0 amide bonds. The highest BCUT2D eigenvalue weighted by Gasteiger charge is 2.12. The summed E-state index contributed by atoms with van der Waals surface area (Å²) in [4.78, 5) is 15.9. The summed E-state index contributed by atoms with van der Waals surface area (Å²) in [7, 11) is 0. The van der Waals surface area contributed by atoms with E-state index in [-0.39, 0.29) is 23.1 Å². The quantitative estimate of drug-likeness (QED) is 0.300. The van der Waals surface area contributed by atoms with Gasteiger partial charge in [-0.3, -0.25) is 4.99 Å². The minimum Gasteiger partial charge on any atom is -0.480 e. The fraction of sp³-hybridized carbons (Fsp3) is 0.579. The molecular formula is C19H27ClFNO3. The first-order valence-corrected chi connectivity index (χ1v) is 9.02. The number of esters is 1. The van der Waals surface area contributed by atoms with Gasteiger partial charge >= 0.3 is 5.97 Å². The van der Waals surface area contributed by atoms with Crippen LogP contribution in [0.15, 0.2) is 17.1 Å². The van der Waals surface area contributed by atoms with E-state index in [0.717, 1.165) is 37.5 Å². The van der Waals surface area contributed by atoms with Crippen LogP contribution < -0.4 is 4.74 Å². The van der Waals surface area contributed by atoms with Crippen LogP contribution in [-0.2, 0) is 9.53 Å². The van der Waals surface area contributed by atoms with Crippen LogP contribution in [0.2, 0.25) is 5.02 Å². The van der Waals surface area contributed by atoms with Gasteiger partial charge in [-0.25, -0.2) is 9.18 Å². The van der Waals surface area contributed by atoms with Crippen molar-refractivity contribution in [2.45, 2.75) is 53.4 Å². The number of ether oxygens (including phenoxy) is 2. The third-order valence-electron chi connectivity index (χ3n) is 3.37. The molecular weight excluding hydrogens is 345 g/mol. The summed E-state index contributed by atoms with van der Waals surface area (Å²) in [5.74, 6) is -0.359. The molecule has 0 aliphatic rings. The summed E-state index contributed by atoms with van der Waals surface area (Å²) >= 11 is 5.99. The number of hydrogen-bond acceptors (Lipinski definition) is 4. The Morgan fingerprint density at radius 1 is 1.32 bits per heavy atom. The molecule has 0 unspecified atom stereocenters. The van der Waals surface area contributed by atoms with Gasteiger partial charge in [-0.2, -0.15) is 0 Å². The van der Waals surface area contributed by atoms with Crippen LogP contribution in [0.1, 0.15) is 53.4 Å². The number of rotatable bonds is 10. The van der Waals surface area contributed by atoms with E-state index in [9.17, 15) is 9.18 Å². The highest BCUT2D eigenvalue weighted by atomic mass is 35.5. The normalized spacial score (nSPS) is 11.7. The van der Waals surface area contributed by atoms with Gasteiger partial charge in [0.15, 0.2) is 12.4 Å². The zero-order chi connectivity index (χ0) is 18.8. The Kier molecular flexibility index (Phi) is 9.50. The third kappa shape index (κ3) is 8.34. The van der Waals surface area contributed by atoms with Crippen molar-refractivity contribution in [3.8, 4) is 5.75 Å². The first kappa shape index (κ1) is 21.4. The minimum absolute atomic E-state index is 0.0942. The predicted molar refractivity (Wildman–Crippen MR) is 99.6 cm³/mol. The Morgan fingerprint density at radius 2 is 2.04 bits per heavy atom. The van der Waals surface area contributed by atoms with Gasteiger partial charge < -0.3 is 9.47 Å². The first-order chi connectivity index (χ1) is 11.8. The Balaban J connectivity index is 2.71. The average Bonchev–Trinajstić information content (AvgIpc) is 2.52. The third-order valence-corrected chi connectivity index (χ3v) is 3.67. The number of hydrogen-bond donors (Lipinski definition) is 0. The molecule has 4 nitrogen and oxygen atoms in total. The van der Waals surface area contributed by atoms with E-state index in [1.807, 2.05) is 6.92 Å². The Hall–Kier alpha value is -1.62. The maximum atomic E-state index is 14.0. The molecule has 0 saturated carbocycles. The van der Waals surface area contributed by atoms with Crippen molar-refractivity contribution in [1.82, 2.24) is 0 Å². The zero-order valence-electron chi connectivity index (χ0n) is 15.4. The molecule has 0 bridgehead atoms. The molecule has 6 heteroatoms. The van der Waals surface area contributed by atoms with Crippen molar-refractivity contribution in [3.05, 3.63) is 23.0 Å². The van der Waals surface area contributed by atoms with Crippen LogP contribution in [0.4, 0.5) is 10.1 Å². The Morgan fingerprint density at radius 3 is 2.68 bits per heavy atom. The standard InChI is InChI=1S/C19H27ClFNO3/c1-5-6-7-8-24-19(23)12-25-18-11-17(16(21)10-15(18)20)22-14(4)9-13(2)3/h10-11,13H,5-9,12H2,1-4H3. The van der Waals surface area contributed by atoms with Gasteiger partial charge in [0.05, 0.1) is 11.6 Å². The summed E-state index contributed by atoms with van der Waals surface area (Å²) < 4.78 is 24.5. The number of halogens is 2. The highest BCUT2D eigenvalue weighted by Crippen LogP contribution is 2.32. The molecule has 25 heavy (non-hydrogen) atoms. The van der Waals surface area contributed by atoms with Crippen molar-refractivity contribution < 1.29 is 18.7 Å². The molecule has 0 saturated heterocycles. The van der Waals surface area contributed by atoms with E-state index in [0.29, 0.717) is 12.5 Å². The summed E-state index contributed by atoms with van der Waals surface area (Å²) in [6.45, 7) is 8.16. The van der Waals surface area contributed by atoms with E-state index >= 15 is 0 Å². The fourth-order valence-electron chi connectivity index (χ4n) is 2.27. The topological polar surface area (TPSA) is 47.9 Å². The highest BCUT2D eigenvalue weighted by molar-refractivity contribution is 6.32. The van der Waals surface area contributed by atoms with E-state index in [4.69, 9.17) is 21.1 Å². The number of aliphatic imine (C=N–C) groups is 1. The largest absolute Gasteiger partial charge is 0.480 e.